The molecule has 3 aromatic carbocycles. The summed E-state index contributed by atoms with van der Waals surface area (Å²) in [6.07, 6.45) is 0. The zero-order valence-corrected chi connectivity index (χ0v) is 16.7. The number of carbonyl (C=O) groups excluding carboxylic acids is 2. The number of carbonyl (C=O) groups is 2. The molecule has 1 aromatic heterocycles. The lowest BCUT2D eigenvalue weighted by Gasteiger charge is -2.09. The molecule has 0 aliphatic rings. The highest BCUT2D eigenvalue weighted by atomic mass is 19.2. The van der Waals surface area contributed by atoms with Crippen LogP contribution in [-0.4, -0.2) is 28.0 Å². The smallest absolute Gasteiger partial charge is 0.338 e. The van der Waals surface area contributed by atoms with Crippen molar-refractivity contribution in [3.8, 4) is 5.69 Å². The van der Waals surface area contributed by atoms with Crippen molar-refractivity contribution in [3.05, 3.63) is 89.5 Å². The maximum Gasteiger partial charge on any atom is 0.338 e. The van der Waals surface area contributed by atoms with E-state index in [0.29, 0.717) is 11.6 Å². The quantitative estimate of drug-likeness (QED) is 0.366. The molecule has 0 bridgehead atoms. The zero-order chi connectivity index (χ0) is 22.8. The molecule has 0 saturated heterocycles. The van der Waals surface area contributed by atoms with Crippen LogP contribution in [0.5, 0.6) is 0 Å². The Balaban J connectivity index is 1.46. The van der Waals surface area contributed by atoms with Crippen molar-refractivity contribution in [2.24, 2.45) is 0 Å². The zero-order valence-electron chi connectivity index (χ0n) is 16.7. The third kappa shape index (κ3) is 4.04. The summed E-state index contributed by atoms with van der Waals surface area (Å²) in [6, 6.07) is 15.9. The molecule has 4 aromatic rings. The molecule has 0 saturated carbocycles. The average Bonchev–Trinajstić information content (AvgIpc) is 3.13. The van der Waals surface area contributed by atoms with E-state index in [1.54, 1.807) is 6.07 Å². The molecule has 1 heterocycles. The van der Waals surface area contributed by atoms with E-state index in [-0.39, 0.29) is 5.56 Å². The Bertz CT molecular complexity index is 1340. The summed E-state index contributed by atoms with van der Waals surface area (Å²) in [5.41, 5.74) is 1.88. The van der Waals surface area contributed by atoms with Crippen molar-refractivity contribution in [2.75, 3.05) is 11.9 Å². The van der Waals surface area contributed by atoms with Crippen molar-refractivity contribution in [1.82, 2.24) is 9.55 Å². The first-order valence-electron chi connectivity index (χ1n) is 9.50. The highest BCUT2D eigenvalue weighted by Gasteiger charge is 2.17. The van der Waals surface area contributed by atoms with E-state index in [0.717, 1.165) is 23.1 Å². The van der Waals surface area contributed by atoms with Gasteiger partial charge in [-0.2, -0.15) is 0 Å². The molecule has 0 spiro atoms. The number of amides is 1. The second-order valence-electron chi connectivity index (χ2n) is 6.88. The number of ether oxygens (including phenoxy) is 1. The van der Waals surface area contributed by atoms with Gasteiger partial charge in [-0.1, -0.05) is 18.2 Å². The summed E-state index contributed by atoms with van der Waals surface area (Å²) in [5.74, 6) is -5.61. The highest BCUT2D eigenvalue weighted by molar-refractivity contribution is 5.97. The maximum absolute atomic E-state index is 13.6. The number of halogens is 3. The number of nitrogens with zero attached hydrogens (tertiary/aromatic N) is 2. The number of aromatic nitrogens is 2. The van der Waals surface area contributed by atoms with Gasteiger partial charge in [-0.3, -0.25) is 9.36 Å². The van der Waals surface area contributed by atoms with E-state index < -0.39 is 41.6 Å². The van der Waals surface area contributed by atoms with Crippen LogP contribution in [0.2, 0.25) is 0 Å². The number of anilines is 1. The lowest BCUT2D eigenvalue weighted by Crippen LogP contribution is -2.21. The van der Waals surface area contributed by atoms with Crippen LogP contribution in [-0.2, 0) is 9.53 Å². The van der Waals surface area contributed by atoms with Gasteiger partial charge in [-0.15, -0.1) is 0 Å². The molecule has 0 unspecified atom stereocenters. The van der Waals surface area contributed by atoms with Gasteiger partial charge < -0.3 is 10.1 Å². The summed E-state index contributed by atoms with van der Waals surface area (Å²) in [4.78, 5) is 28.8. The first-order valence-corrected chi connectivity index (χ1v) is 9.50. The van der Waals surface area contributed by atoms with Gasteiger partial charge in [0.15, 0.2) is 24.1 Å². The standard InChI is InChI=1S/C23H16F3N3O3/c1-13-27-18-11-14(7-10-19(18)29(13)15-5-3-2-4-6-15)23(31)32-12-20(30)28-17-9-8-16(24)21(25)22(17)26/h2-11H,12H2,1H3,(H,28,30). The number of aryl methyl sites for hydroxylation is 1. The molecule has 4 rings (SSSR count). The summed E-state index contributed by atoms with van der Waals surface area (Å²) in [7, 11) is 0. The largest absolute Gasteiger partial charge is 0.452 e. The third-order valence-electron chi connectivity index (χ3n) is 4.72. The molecular formula is C23H16F3N3O3. The molecule has 0 radical (unpaired) electrons. The van der Waals surface area contributed by atoms with Crippen LogP contribution >= 0.6 is 0 Å². The normalized spacial score (nSPS) is 10.9. The SMILES string of the molecule is Cc1nc2cc(C(=O)OCC(=O)Nc3ccc(F)c(F)c3F)ccc2n1-c1ccccc1. The van der Waals surface area contributed by atoms with Crippen LogP contribution < -0.4 is 5.32 Å². The number of rotatable bonds is 5. The van der Waals surface area contributed by atoms with Gasteiger partial charge in [0.25, 0.3) is 5.91 Å². The Morgan fingerprint density at radius 1 is 1.00 bits per heavy atom. The van der Waals surface area contributed by atoms with Crippen molar-refractivity contribution in [3.63, 3.8) is 0 Å². The Labute approximate surface area is 180 Å². The lowest BCUT2D eigenvalue weighted by molar-refractivity contribution is -0.119. The molecule has 162 valence electrons. The molecule has 6 nitrogen and oxygen atoms in total. The Morgan fingerprint density at radius 3 is 2.50 bits per heavy atom. The van der Waals surface area contributed by atoms with E-state index in [9.17, 15) is 22.8 Å². The van der Waals surface area contributed by atoms with Crippen LogP contribution in [0.3, 0.4) is 0 Å². The number of hydrogen-bond acceptors (Lipinski definition) is 4. The van der Waals surface area contributed by atoms with Crippen molar-refractivity contribution in [2.45, 2.75) is 6.92 Å². The van der Waals surface area contributed by atoms with E-state index in [4.69, 9.17) is 4.74 Å². The maximum atomic E-state index is 13.6. The molecule has 0 aliphatic heterocycles. The van der Waals surface area contributed by atoms with Gasteiger partial charge in [-0.25, -0.2) is 22.9 Å². The molecule has 9 heteroatoms. The van der Waals surface area contributed by atoms with Gasteiger partial charge in [0.05, 0.1) is 22.3 Å². The Morgan fingerprint density at radius 2 is 1.75 bits per heavy atom. The molecule has 32 heavy (non-hydrogen) atoms. The minimum atomic E-state index is -1.71. The first kappa shape index (κ1) is 21.1. The summed E-state index contributed by atoms with van der Waals surface area (Å²) in [5, 5.41) is 2.03. The molecule has 1 N–H and O–H groups in total. The number of imidazole rings is 1. The predicted molar refractivity (Wildman–Crippen MR) is 111 cm³/mol. The highest BCUT2D eigenvalue weighted by Crippen LogP contribution is 2.23. The second kappa shape index (κ2) is 8.54. The summed E-state index contributed by atoms with van der Waals surface area (Å²) < 4.78 is 46.8. The van der Waals surface area contributed by atoms with Crippen LogP contribution in [0.4, 0.5) is 18.9 Å². The fourth-order valence-corrected chi connectivity index (χ4v) is 3.25. The Kier molecular flexibility index (Phi) is 5.63. The lowest BCUT2D eigenvalue weighted by atomic mass is 10.2. The number of para-hydroxylation sites is 1. The number of esters is 1. The van der Waals surface area contributed by atoms with E-state index >= 15 is 0 Å². The van der Waals surface area contributed by atoms with Gasteiger partial charge >= 0.3 is 5.97 Å². The van der Waals surface area contributed by atoms with Crippen LogP contribution in [0, 0.1) is 24.4 Å². The van der Waals surface area contributed by atoms with Gasteiger partial charge in [0.2, 0.25) is 0 Å². The monoisotopic (exact) mass is 439 g/mol. The van der Waals surface area contributed by atoms with Gasteiger partial charge in [-0.05, 0) is 49.4 Å². The van der Waals surface area contributed by atoms with Crippen molar-refractivity contribution >= 4 is 28.6 Å². The predicted octanol–water partition coefficient (Wildman–Crippen LogP) is 4.55. The van der Waals surface area contributed by atoms with Crippen molar-refractivity contribution < 1.29 is 27.5 Å². The number of nitrogens with one attached hydrogen (secondary N) is 1. The fourth-order valence-electron chi connectivity index (χ4n) is 3.25. The first-order chi connectivity index (χ1) is 15.3. The number of hydrogen-bond donors (Lipinski definition) is 1. The van der Waals surface area contributed by atoms with Crippen LogP contribution in [0.25, 0.3) is 16.7 Å². The third-order valence-corrected chi connectivity index (χ3v) is 4.72. The molecule has 0 atom stereocenters. The number of benzene rings is 3. The number of fused-ring (bicyclic) bond motifs is 1. The van der Waals surface area contributed by atoms with Crippen molar-refractivity contribution in [1.29, 1.82) is 0 Å². The molecule has 0 aliphatic carbocycles. The second-order valence-corrected chi connectivity index (χ2v) is 6.88. The molecule has 0 fully saturated rings. The summed E-state index contributed by atoms with van der Waals surface area (Å²) >= 11 is 0. The molecular weight excluding hydrogens is 423 g/mol. The van der Waals surface area contributed by atoms with E-state index in [1.807, 2.05) is 47.1 Å². The van der Waals surface area contributed by atoms with E-state index in [1.165, 1.54) is 12.1 Å². The van der Waals surface area contributed by atoms with Crippen LogP contribution in [0.15, 0.2) is 60.7 Å². The summed E-state index contributed by atoms with van der Waals surface area (Å²) in [6.45, 7) is 1.10. The topological polar surface area (TPSA) is 73.2 Å². The minimum Gasteiger partial charge on any atom is -0.452 e. The van der Waals surface area contributed by atoms with Gasteiger partial charge in [0, 0.05) is 5.69 Å². The minimum absolute atomic E-state index is 0.169. The van der Waals surface area contributed by atoms with E-state index in [2.05, 4.69) is 4.98 Å². The average molecular weight is 439 g/mol. The molecule has 1 amide bonds. The van der Waals surface area contributed by atoms with Gasteiger partial charge in [0.1, 0.15) is 5.82 Å². The van der Waals surface area contributed by atoms with Crippen LogP contribution in [0.1, 0.15) is 16.2 Å². The fraction of sp³-hybridized carbons (Fsp3) is 0.0870. The Hall–Kier alpha value is -4.14.